The Kier molecular flexibility index (Phi) is 7.25. The topological polar surface area (TPSA) is 63.3 Å². The minimum absolute atomic E-state index is 0. The number of aliphatic carboxylic acids is 1. The number of hydrogen-bond donors (Lipinski definition) is 2. The van der Waals surface area contributed by atoms with Crippen LogP contribution in [0.25, 0.3) is 0 Å². The van der Waals surface area contributed by atoms with Gasteiger partial charge in [0.1, 0.15) is 0 Å². The first-order chi connectivity index (χ1) is 7.18. The van der Waals surface area contributed by atoms with E-state index in [0.717, 1.165) is 18.9 Å². The van der Waals surface area contributed by atoms with Crippen LogP contribution in [0.3, 0.4) is 0 Å². The van der Waals surface area contributed by atoms with E-state index in [1.807, 2.05) is 30.3 Å². The number of nitrogens with two attached hydrogens (primary N) is 1. The second-order valence-corrected chi connectivity index (χ2v) is 3.39. The zero-order chi connectivity index (χ0) is 11.1. The van der Waals surface area contributed by atoms with E-state index in [1.54, 1.807) is 0 Å². The highest BCUT2D eigenvalue weighted by atomic mass is 35.5. The molecule has 0 heterocycles. The van der Waals surface area contributed by atoms with Crippen LogP contribution in [0, 0.1) is 0 Å². The number of carboxylic acids is 1. The predicted octanol–water partition coefficient (Wildman–Crippen LogP) is 2.01. The fourth-order valence-corrected chi connectivity index (χ4v) is 1.28. The number of benzene rings is 1. The summed E-state index contributed by atoms with van der Waals surface area (Å²) in [6.07, 6.45) is 4.24. The maximum Gasteiger partial charge on any atom is 0.328 e. The van der Waals surface area contributed by atoms with Crippen LogP contribution >= 0.6 is 12.4 Å². The molecule has 3 nitrogen and oxygen atoms in total. The van der Waals surface area contributed by atoms with E-state index in [-0.39, 0.29) is 18.4 Å². The zero-order valence-corrected chi connectivity index (χ0v) is 9.69. The van der Waals surface area contributed by atoms with Crippen molar-refractivity contribution in [2.45, 2.75) is 18.9 Å². The third-order valence-corrected chi connectivity index (χ3v) is 2.10. The quantitative estimate of drug-likeness (QED) is 0.776. The van der Waals surface area contributed by atoms with Gasteiger partial charge in [-0.2, -0.15) is 0 Å². The normalized spacial score (nSPS) is 12.1. The molecule has 0 unspecified atom stereocenters. The van der Waals surface area contributed by atoms with Crippen LogP contribution in [-0.4, -0.2) is 17.1 Å². The molecule has 0 aliphatic carbocycles. The summed E-state index contributed by atoms with van der Waals surface area (Å²) in [5.74, 6) is -0.954. The van der Waals surface area contributed by atoms with Gasteiger partial charge in [-0.15, -0.1) is 12.4 Å². The maximum absolute atomic E-state index is 10.2. The van der Waals surface area contributed by atoms with Crippen molar-refractivity contribution in [1.82, 2.24) is 0 Å². The molecule has 4 heteroatoms. The summed E-state index contributed by atoms with van der Waals surface area (Å²) in [5.41, 5.74) is 6.94. The van der Waals surface area contributed by atoms with Gasteiger partial charge >= 0.3 is 5.97 Å². The van der Waals surface area contributed by atoms with Gasteiger partial charge in [-0.3, -0.25) is 0 Å². The molecule has 0 bridgehead atoms. The minimum atomic E-state index is -0.954. The van der Waals surface area contributed by atoms with Crippen LogP contribution < -0.4 is 5.73 Å². The molecule has 0 fully saturated rings. The van der Waals surface area contributed by atoms with Gasteiger partial charge in [-0.1, -0.05) is 36.4 Å². The lowest BCUT2D eigenvalue weighted by Crippen LogP contribution is -2.18. The van der Waals surface area contributed by atoms with Crippen LogP contribution in [0.4, 0.5) is 0 Å². The molecule has 0 aliphatic heterocycles. The second-order valence-electron chi connectivity index (χ2n) is 3.39. The largest absolute Gasteiger partial charge is 0.478 e. The zero-order valence-electron chi connectivity index (χ0n) is 8.87. The molecule has 0 saturated carbocycles. The third-order valence-electron chi connectivity index (χ3n) is 2.10. The smallest absolute Gasteiger partial charge is 0.328 e. The summed E-state index contributed by atoms with van der Waals surface area (Å²) in [4.78, 5) is 10.2. The lowest BCUT2D eigenvalue weighted by molar-refractivity contribution is -0.131. The third kappa shape index (κ3) is 6.22. The average Bonchev–Trinajstić information content (AvgIpc) is 2.25. The molecule has 16 heavy (non-hydrogen) atoms. The van der Waals surface area contributed by atoms with Gasteiger partial charge in [0.05, 0.1) is 0 Å². The van der Waals surface area contributed by atoms with Gasteiger partial charge in [0.15, 0.2) is 0 Å². The van der Waals surface area contributed by atoms with E-state index in [1.165, 1.54) is 11.6 Å². The molecule has 0 aliphatic rings. The first-order valence-corrected chi connectivity index (χ1v) is 4.89. The molecule has 3 N–H and O–H groups in total. The van der Waals surface area contributed by atoms with Crippen LogP contribution in [0.15, 0.2) is 42.5 Å². The van der Waals surface area contributed by atoms with Gasteiger partial charge in [0, 0.05) is 12.1 Å². The van der Waals surface area contributed by atoms with Crippen LogP contribution in [0.2, 0.25) is 0 Å². The molecule has 0 aromatic heterocycles. The van der Waals surface area contributed by atoms with E-state index >= 15 is 0 Å². The molecule has 0 amide bonds. The Morgan fingerprint density at radius 2 is 2.00 bits per heavy atom. The summed E-state index contributed by atoms with van der Waals surface area (Å²) in [6.45, 7) is 0. The van der Waals surface area contributed by atoms with E-state index in [4.69, 9.17) is 10.8 Å². The van der Waals surface area contributed by atoms with Crippen molar-refractivity contribution >= 4 is 18.4 Å². The molecule has 1 atom stereocenters. The Labute approximate surface area is 101 Å². The molecule has 0 spiro atoms. The summed E-state index contributed by atoms with van der Waals surface area (Å²) in [7, 11) is 0. The lowest BCUT2D eigenvalue weighted by atomic mass is 10.1. The Morgan fingerprint density at radius 3 is 2.56 bits per heavy atom. The Balaban J connectivity index is 0.00000225. The van der Waals surface area contributed by atoms with Crippen molar-refractivity contribution in [1.29, 1.82) is 0 Å². The van der Waals surface area contributed by atoms with E-state index in [0.29, 0.717) is 0 Å². The number of rotatable bonds is 5. The number of hydrogen-bond acceptors (Lipinski definition) is 2. The molecule has 1 aromatic rings. The Hall–Kier alpha value is -1.32. The Bertz CT molecular complexity index is 338. The average molecular weight is 242 g/mol. The lowest BCUT2D eigenvalue weighted by Gasteiger charge is -2.05. The standard InChI is InChI=1S/C12H15NO2.ClH/c13-11(8-9-12(14)15)7-6-10-4-2-1-3-5-10;/h1-5,8-9,11H,6-7,13H2,(H,14,15);1H/b9-8+;/t11-;/m0./s1. The van der Waals surface area contributed by atoms with E-state index in [9.17, 15) is 4.79 Å². The van der Waals surface area contributed by atoms with Crippen molar-refractivity contribution in [2.24, 2.45) is 5.73 Å². The maximum atomic E-state index is 10.2. The minimum Gasteiger partial charge on any atom is -0.478 e. The summed E-state index contributed by atoms with van der Waals surface area (Å²) < 4.78 is 0. The highest BCUT2D eigenvalue weighted by molar-refractivity contribution is 5.85. The highest BCUT2D eigenvalue weighted by Gasteiger charge is 1.99. The number of halogens is 1. The van der Waals surface area contributed by atoms with Crippen molar-refractivity contribution in [3.05, 3.63) is 48.0 Å². The molecule has 0 saturated heterocycles. The van der Waals surface area contributed by atoms with Gasteiger partial charge in [0.25, 0.3) is 0 Å². The molecule has 0 radical (unpaired) electrons. The molecular weight excluding hydrogens is 226 g/mol. The van der Waals surface area contributed by atoms with Crippen molar-refractivity contribution < 1.29 is 9.90 Å². The Morgan fingerprint density at radius 1 is 1.38 bits per heavy atom. The van der Waals surface area contributed by atoms with Gasteiger partial charge < -0.3 is 10.8 Å². The number of carboxylic acid groups (broad SMARTS) is 1. The number of aryl methyl sites for hydroxylation is 1. The second kappa shape index (κ2) is 7.91. The van der Waals surface area contributed by atoms with E-state index in [2.05, 4.69) is 0 Å². The van der Waals surface area contributed by atoms with Crippen LogP contribution in [-0.2, 0) is 11.2 Å². The van der Waals surface area contributed by atoms with Crippen molar-refractivity contribution in [3.63, 3.8) is 0 Å². The van der Waals surface area contributed by atoms with Crippen molar-refractivity contribution in [2.75, 3.05) is 0 Å². The monoisotopic (exact) mass is 241 g/mol. The summed E-state index contributed by atoms with van der Waals surface area (Å²) in [5, 5.41) is 8.41. The molecule has 88 valence electrons. The molecule has 1 aromatic carbocycles. The fraction of sp³-hybridized carbons (Fsp3) is 0.250. The summed E-state index contributed by atoms with van der Waals surface area (Å²) >= 11 is 0. The first kappa shape index (κ1) is 14.7. The molecule has 1 rings (SSSR count). The van der Waals surface area contributed by atoms with Gasteiger partial charge in [-0.05, 0) is 18.4 Å². The van der Waals surface area contributed by atoms with Gasteiger partial charge in [-0.25, -0.2) is 4.79 Å². The van der Waals surface area contributed by atoms with Crippen LogP contribution in [0.5, 0.6) is 0 Å². The van der Waals surface area contributed by atoms with Gasteiger partial charge in [0.2, 0.25) is 0 Å². The SMILES string of the molecule is Cl.N[C@H](/C=C/C(=O)O)CCc1ccccc1. The fourth-order valence-electron chi connectivity index (χ4n) is 1.28. The highest BCUT2D eigenvalue weighted by Crippen LogP contribution is 2.04. The van der Waals surface area contributed by atoms with Crippen molar-refractivity contribution in [3.8, 4) is 0 Å². The predicted molar refractivity (Wildman–Crippen MR) is 66.8 cm³/mol. The van der Waals surface area contributed by atoms with E-state index < -0.39 is 5.97 Å². The molecular formula is C12H16ClNO2. The first-order valence-electron chi connectivity index (χ1n) is 4.89. The number of carbonyl (C=O) groups is 1. The van der Waals surface area contributed by atoms with Crippen LogP contribution in [0.1, 0.15) is 12.0 Å². The summed E-state index contributed by atoms with van der Waals surface area (Å²) in [6, 6.07) is 9.80.